The largest absolute Gasteiger partial charge is 0.385 e. The van der Waals surface area contributed by atoms with Crippen LogP contribution >= 0.6 is 11.6 Å². The van der Waals surface area contributed by atoms with E-state index in [1.165, 1.54) is 12.8 Å². The van der Waals surface area contributed by atoms with Crippen molar-refractivity contribution >= 4 is 23.2 Å². The molecule has 1 aromatic carbocycles. The van der Waals surface area contributed by atoms with Crippen LogP contribution in [0.25, 0.3) is 0 Å². The van der Waals surface area contributed by atoms with Gasteiger partial charge in [-0.25, -0.2) is 0 Å². The molecule has 0 spiro atoms. The normalized spacial score (nSPS) is 15.8. The number of carbonyl (C=O) groups excluding carboxylic acids is 1. The minimum absolute atomic E-state index is 0.0315. The Hall–Kier alpha value is -1.22. The maximum atomic E-state index is 12.5. The van der Waals surface area contributed by atoms with Crippen LogP contribution in [0, 0.1) is 5.92 Å². The fourth-order valence-electron chi connectivity index (χ4n) is 2.40. The molecule has 1 saturated carbocycles. The minimum Gasteiger partial charge on any atom is -0.385 e. The molecular weight excluding hydrogens is 272 g/mol. The van der Waals surface area contributed by atoms with Crippen LogP contribution in [0.5, 0.6) is 0 Å². The van der Waals surface area contributed by atoms with Gasteiger partial charge in [0.2, 0.25) is 0 Å². The molecule has 0 radical (unpaired) electrons. The first kappa shape index (κ1) is 15.2. The third kappa shape index (κ3) is 4.14. The van der Waals surface area contributed by atoms with Crippen LogP contribution in [0.2, 0.25) is 5.02 Å². The fourth-order valence-corrected chi connectivity index (χ4v) is 2.57. The second-order valence-electron chi connectivity index (χ2n) is 5.48. The molecule has 2 rings (SSSR count). The van der Waals surface area contributed by atoms with Crippen molar-refractivity contribution in [2.45, 2.75) is 45.6 Å². The lowest BCUT2D eigenvalue weighted by atomic mass is 10.1. The Kier molecular flexibility index (Phi) is 5.30. The van der Waals surface area contributed by atoms with E-state index in [-0.39, 0.29) is 11.9 Å². The molecule has 3 nitrogen and oxygen atoms in total. The van der Waals surface area contributed by atoms with Gasteiger partial charge in [-0.15, -0.1) is 0 Å². The monoisotopic (exact) mass is 294 g/mol. The van der Waals surface area contributed by atoms with Crippen molar-refractivity contribution in [3.63, 3.8) is 0 Å². The molecule has 0 aliphatic heterocycles. The number of rotatable bonds is 7. The molecule has 1 aromatic rings. The topological polar surface area (TPSA) is 41.1 Å². The lowest BCUT2D eigenvalue weighted by Gasteiger charge is -2.18. The standard InChI is InChI=1S/C16H23ClN2O/c1-3-13(9-11-5-6-11)19-16(20)14-10-12(17)7-8-15(14)18-4-2/h7-8,10-11,13,18H,3-6,9H2,1-2H3,(H,19,20). The van der Waals surface area contributed by atoms with E-state index in [0.717, 1.165) is 31.0 Å². The number of carbonyl (C=O) groups is 1. The number of amides is 1. The quantitative estimate of drug-likeness (QED) is 0.795. The van der Waals surface area contributed by atoms with Gasteiger partial charge in [-0.2, -0.15) is 0 Å². The summed E-state index contributed by atoms with van der Waals surface area (Å²) in [5.41, 5.74) is 1.48. The Morgan fingerprint density at radius 2 is 2.15 bits per heavy atom. The molecule has 1 atom stereocenters. The molecule has 0 heterocycles. The first-order chi connectivity index (χ1) is 9.63. The van der Waals surface area contributed by atoms with Crippen LogP contribution in [0.3, 0.4) is 0 Å². The van der Waals surface area contributed by atoms with Gasteiger partial charge in [0, 0.05) is 23.3 Å². The highest BCUT2D eigenvalue weighted by Crippen LogP contribution is 2.34. The van der Waals surface area contributed by atoms with Crippen molar-refractivity contribution < 1.29 is 4.79 Å². The van der Waals surface area contributed by atoms with Crippen molar-refractivity contribution in [1.29, 1.82) is 0 Å². The summed E-state index contributed by atoms with van der Waals surface area (Å²) in [6.45, 7) is 4.91. The van der Waals surface area contributed by atoms with Gasteiger partial charge in [-0.3, -0.25) is 4.79 Å². The molecule has 0 saturated heterocycles. The summed E-state index contributed by atoms with van der Waals surface area (Å²) in [7, 11) is 0. The number of nitrogens with one attached hydrogen (secondary N) is 2. The van der Waals surface area contributed by atoms with E-state index >= 15 is 0 Å². The molecular formula is C16H23ClN2O. The predicted molar refractivity (Wildman–Crippen MR) is 84.5 cm³/mol. The number of halogens is 1. The number of benzene rings is 1. The molecule has 0 bridgehead atoms. The van der Waals surface area contributed by atoms with Gasteiger partial charge < -0.3 is 10.6 Å². The lowest BCUT2D eigenvalue weighted by molar-refractivity contribution is 0.0933. The van der Waals surface area contributed by atoms with E-state index < -0.39 is 0 Å². The van der Waals surface area contributed by atoms with Crippen molar-refractivity contribution in [2.75, 3.05) is 11.9 Å². The van der Waals surface area contributed by atoms with Crippen molar-refractivity contribution in [1.82, 2.24) is 5.32 Å². The zero-order valence-electron chi connectivity index (χ0n) is 12.2. The van der Waals surface area contributed by atoms with Gasteiger partial charge in [0.1, 0.15) is 0 Å². The smallest absolute Gasteiger partial charge is 0.253 e. The molecule has 1 unspecified atom stereocenters. The Balaban J connectivity index is 2.07. The minimum atomic E-state index is -0.0315. The molecule has 1 aliphatic rings. The summed E-state index contributed by atoms with van der Waals surface area (Å²) in [5.74, 6) is 0.781. The Bertz CT molecular complexity index is 472. The SMILES string of the molecule is CCNc1ccc(Cl)cc1C(=O)NC(CC)CC1CC1. The van der Waals surface area contributed by atoms with Crippen LogP contribution in [0.15, 0.2) is 18.2 Å². The zero-order valence-corrected chi connectivity index (χ0v) is 13.0. The maximum Gasteiger partial charge on any atom is 0.253 e. The van der Waals surface area contributed by atoms with E-state index in [1.807, 2.05) is 13.0 Å². The van der Waals surface area contributed by atoms with E-state index in [4.69, 9.17) is 11.6 Å². The summed E-state index contributed by atoms with van der Waals surface area (Å²) in [6.07, 6.45) is 4.69. The number of hydrogen-bond donors (Lipinski definition) is 2. The molecule has 1 amide bonds. The van der Waals surface area contributed by atoms with Gasteiger partial charge >= 0.3 is 0 Å². The Labute approximate surface area is 126 Å². The highest BCUT2D eigenvalue weighted by atomic mass is 35.5. The average molecular weight is 295 g/mol. The van der Waals surface area contributed by atoms with Gasteiger partial charge in [0.25, 0.3) is 5.91 Å². The molecule has 4 heteroatoms. The third-order valence-corrected chi connectivity index (χ3v) is 3.97. The number of anilines is 1. The third-order valence-electron chi connectivity index (χ3n) is 3.74. The summed E-state index contributed by atoms with van der Waals surface area (Å²) >= 11 is 6.02. The van der Waals surface area contributed by atoms with Gasteiger partial charge in [-0.1, -0.05) is 31.4 Å². The van der Waals surface area contributed by atoms with Gasteiger partial charge in [-0.05, 0) is 43.9 Å². The Morgan fingerprint density at radius 1 is 1.40 bits per heavy atom. The van der Waals surface area contributed by atoms with Crippen molar-refractivity contribution in [3.05, 3.63) is 28.8 Å². The average Bonchev–Trinajstić information content (AvgIpc) is 3.24. The van der Waals surface area contributed by atoms with Crippen LogP contribution in [-0.4, -0.2) is 18.5 Å². The Morgan fingerprint density at radius 3 is 2.75 bits per heavy atom. The summed E-state index contributed by atoms with van der Waals surface area (Å²) in [5, 5.41) is 6.94. The first-order valence-corrected chi connectivity index (χ1v) is 7.86. The molecule has 20 heavy (non-hydrogen) atoms. The van der Waals surface area contributed by atoms with E-state index in [1.54, 1.807) is 12.1 Å². The van der Waals surface area contributed by atoms with Crippen molar-refractivity contribution in [3.8, 4) is 0 Å². The van der Waals surface area contributed by atoms with E-state index in [9.17, 15) is 4.79 Å². The zero-order chi connectivity index (χ0) is 14.5. The van der Waals surface area contributed by atoms with E-state index in [0.29, 0.717) is 10.6 Å². The predicted octanol–water partition coefficient (Wildman–Crippen LogP) is 4.08. The summed E-state index contributed by atoms with van der Waals surface area (Å²) in [6, 6.07) is 5.67. The molecule has 1 fully saturated rings. The van der Waals surface area contributed by atoms with Gasteiger partial charge in [0.15, 0.2) is 0 Å². The number of hydrogen-bond acceptors (Lipinski definition) is 2. The van der Waals surface area contributed by atoms with Crippen LogP contribution in [0.1, 0.15) is 49.9 Å². The highest BCUT2D eigenvalue weighted by molar-refractivity contribution is 6.31. The van der Waals surface area contributed by atoms with Crippen LogP contribution in [0.4, 0.5) is 5.69 Å². The van der Waals surface area contributed by atoms with Crippen LogP contribution in [-0.2, 0) is 0 Å². The molecule has 2 N–H and O–H groups in total. The van der Waals surface area contributed by atoms with Crippen LogP contribution < -0.4 is 10.6 Å². The summed E-state index contributed by atoms with van der Waals surface area (Å²) < 4.78 is 0. The second-order valence-corrected chi connectivity index (χ2v) is 5.91. The lowest BCUT2D eigenvalue weighted by Crippen LogP contribution is -2.35. The van der Waals surface area contributed by atoms with Gasteiger partial charge in [0.05, 0.1) is 5.56 Å². The fraction of sp³-hybridized carbons (Fsp3) is 0.562. The second kappa shape index (κ2) is 6.98. The van der Waals surface area contributed by atoms with E-state index in [2.05, 4.69) is 17.6 Å². The maximum absolute atomic E-state index is 12.5. The summed E-state index contributed by atoms with van der Waals surface area (Å²) in [4.78, 5) is 12.5. The molecule has 0 aromatic heterocycles. The first-order valence-electron chi connectivity index (χ1n) is 7.48. The van der Waals surface area contributed by atoms with Crippen molar-refractivity contribution in [2.24, 2.45) is 5.92 Å². The molecule has 1 aliphatic carbocycles. The highest BCUT2D eigenvalue weighted by Gasteiger charge is 2.26. The molecule has 110 valence electrons.